The first-order valence-corrected chi connectivity index (χ1v) is 6.42. The minimum atomic E-state index is -0.324. The third-order valence-electron chi connectivity index (χ3n) is 2.06. The lowest BCUT2D eigenvalue weighted by Gasteiger charge is -2.14. The van der Waals surface area contributed by atoms with E-state index in [-0.39, 0.29) is 5.91 Å². The summed E-state index contributed by atoms with van der Waals surface area (Å²) < 4.78 is 4.94. The van der Waals surface area contributed by atoms with E-state index < -0.39 is 0 Å². The average Bonchev–Trinajstić information content (AvgIpc) is 2.38. The molecule has 0 unspecified atom stereocenters. The van der Waals surface area contributed by atoms with Crippen LogP contribution in [0.1, 0.15) is 6.92 Å². The van der Waals surface area contributed by atoms with Crippen LogP contribution in [-0.2, 0) is 9.53 Å². The molecule has 1 aromatic carbocycles. The van der Waals surface area contributed by atoms with Crippen LogP contribution in [0, 0.1) is 0 Å². The first-order valence-electron chi connectivity index (χ1n) is 5.20. The molecule has 1 aromatic rings. The van der Waals surface area contributed by atoms with E-state index in [0.717, 1.165) is 9.90 Å². The van der Waals surface area contributed by atoms with Crippen molar-refractivity contribution < 1.29 is 9.53 Å². The molecule has 0 heterocycles. The van der Waals surface area contributed by atoms with Crippen LogP contribution >= 0.6 is 11.8 Å². The van der Waals surface area contributed by atoms with Crippen molar-refractivity contribution in [1.82, 2.24) is 0 Å². The number of benzene rings is 1. The summed E-state index contributed by atoms with van der Waals surface area (Å²) in [5, 5.41) is 1.08. The summed E-state index contributed by atoms with van der Waals surface area (Å²) in [6, 6.07) is 7.44. The molecule has 0 bridgehead atoms. The Morgan fingerprint density at radius 3 is 2.65 bits per heavy atom. The molecule has 1 amide bonds. The third-order valence-corrected chi connectivity index (χ3v) is 2.81. The van der Waals surface area contributed by atoms with Crippen LogP contribution in [0.3, 0.4) is 0 Å². The maximum atomic E-state index is 11.6. The summed E-state index contributed by atoms with van der Waals surface area (Å²) in [5.41, 5.74) is 0.647. The lowest BCUT2D eigenvalue weighted by molar-refractivity contribution is -0.114. The zero-order chi connectivity index (χ0) is 12.7. The van der Waals surface area contributed by atoms with Crippen molar-refractivity contribution in [3.63, 3.8) is 0 Å². The molecule has 17 heavy (non-hydrogen) atoms. The van der Waals surface area contributed by atoms with Crippen molar-refractivity contribution in [3.8, 4) is 0 Å². The van der Waals surface area contributed by atoms with E-state index in [1.165, 1.54) is 12.3 Å². The number of rotatable bonds is 5. The van der Waals surface area contributed by atoms with Gasteiger partial charge in [0.25, 0.3) is 5.91 Å². The molecule has 5 heteroatoms. The van der Waals surface area contributed by atoms with Crippen LogP contribution in [-0.4, -0.2) is 18.8 Å². The standard InChI is InChI=1S/C12H16N2O2S/c1-3-16-9-8-12(15)14(13)10-4-6-11(17-2)7-5-10/h4-9H,3,13H2,1-2H3/b9-8+. The zero-order valence-corrected chi connectivity index (χ0v) is 10.7. The van der Waals surface area contributed by atoms with Gasteiger partial charge in [-0.15, -0.1) is 11.8 Å². The molecule has 4 nitrogen and oxygen atoms in total. The molecule has 0 saturated carbocycles. The van der Waals surface area contributed by atoms with Crippen LogP contribution in [0.2, 0.25) is 0 Å². The van der Waals surface area contributed by atoms with Gasteiger partial charge in [0.1, 0.15) is 0 Å². The van der Waals surface area contributed by atoms with Gasteiger partial charge in [0.15, 0.2) is 0 Å². The predicted molar refractivity (Wildman–Crippen MR) is 70.7 cm³/mol. The highest BCUT2D eigenvalue weighted by Gasteiger charge is 2.08. The quantitative estimate of drug-likeness (QED) is 0.218. The Balaban J connectivity index is 2.67. The SMILES string of the molecule is CCO/C=C/C(=O)N(N)c1ccc(SC)cc1. The highest BCUT2D eigenvalue weighted by Crippen LogP contribution is 2.19. The smallest absolute Gasteiger partial charge is 0.268 e. The molecule has 2 N–H and O–H groups in total. The lowest BCUT2D eigenvalue weighted by Crippen LogP contribution is -2.36. The molecule has 0 fully saturated rings. The van der Waals surface area contributed by atoms with Gasteiger partial charge in [-0.2, -0.15) is 0 Å². The highest BCUT2D eigenvalue weighted by molar-refractivity contribution is 7.98. The van der Waals surface area contributed by atoms with Crippen molar-refractivity contribution >= 4 is 23.4 Å². The second kappa shape index (κ2) is 6.98. The fraction of sp³-hybridized carbons (Fsp3) is 0.250. The predicted octanol–water partition coefficient (Wildman–Crippen LogP) is 2.17. The number of nitrogens with two attached hydrogens (primary N) is 1. The summed E-state index contributed by atoms with van der Waals surface area (Å²) in [6.45, 7) is 2.37. The van der Waals surface area contributed by atoms with Crippen LogP contribution in [0.5, 0.6) is 0 Å². The number of amides is 1. The Labute approximate surface area is 105 Å². The van der Waals surface area contributed by atoms with E-state index in [9.17, 15) is 4.79 Å². The van der Waals surface area contributed by atoms with Gasteiger partial charge in [0.05, 0.1) is 18.6 Å². The van der Waals surface area contributed by atoms with Gasteiger partial charge in [-0.1, -0.05) is 0 Å². The van der Waals surface area contributed by atoms with E-state index in [0.29, 0.717) is 12.3 Å². The van der Waals surface area contributed by atoms with Gasteiger partial charge in [0.2, 0.25) is 0 Å². The Morgan fingerprint density at radius 2 is 2.12 bits per heavy atom. The zero-order valence-electron chi connectivity index (χ0n) is 9.92. The summed E-state index contributed by atoms with van der Waals surface area (Å²) in [6.07, 6.45) is 4.63. The number of anilines is 1. The van der Waals surface area contributed by atoms with Crippen LogP contribution in [0.25, 0.3) is 0 Å². The number of carbonyl (C=O) groups is 1. The van der Waals surface area contributed by atoms with Crippen molar-refractivity contribution in [3.05, 3.63) is 36.6 Å². The van der Waals surface area contributed by atoms with E-state index in [4.69, 9.17) is 10.6 Å². The first kappa shape index (κ1) is 13.6. The van der Waals surface area contributed by atoms with Gasteiger partial charge in [-0.25, -0.2) is 10.9 Å². The van der Waals surface area contributed by atoms with Crippen molar-refractivity contribution in [1.29, 1.82) is 0 Å². The second-order valence-electron chi connectivity index (χ2n) is 3.16. The number of carbonyl (C=O) groups excluding carboxylic acids is 1. The largest absolute Gasteiger partial charge is 0.501 e. The molecule has 0 atom stereocenters. The number of hydrogen-bond acceptors (Lipinski definition) is 4. The number of thioether (sulfide) groups is 1. The van der Waals surface area contributed by atoms with Gasteiger partial charge in [-0.05, 0) is 37.4 Å². The van der Waals surface area contributed by atoms with Gasteiger partial charge >= 0.3 is 0 Å². The number of nitrogens with zero attached hydrogens (tertiary/aromatic N) is 1. The van der Waals surface area contributed by atoms with Crippen LogP contribution < -0.4 is 10.9 Å². The Hall–Kier alpha value is -1.46. The maximum absolute atomic E-state index is 11.6. The van der Waals surface area contributed by atoms with Crippen molar-refractivity contribution in [2.24, 2.45) is 5.84 Å². The molecule has 92 valence electrons. The molecule has 0 aliphatic rings. The Morgan fingerprint density at radius 1 is 1.47 bits per heavy atom. The summed E-state index contributed by atoms with van der Waals surface area (Å²) in [7, 11) is 0. The molecular weight excluding hydrogens is 236 g/mol. The molecule has 0 saturated heterocycles. The van der Waals surface area contributed by atoms with Crippen molar-refractivity contribution in [2.75, 3.05) is 17.9 Å². The molecular formula is C12H16N2O2S. The van der Waals surface area contributed by atoms with Crippen molar-refractivity contribution in [2.45, 2.75) is 11.8 Å². The fourth-order valence-electron chi connectivity index (χ4n) is 1.15. The van der Waals surface area contributed by atoms with Gasteiger partial charge in [-0.3, -0.25) is 4.79 Å². The molecule has 0 aliphatic carbocycles. The van der Waals surface area contributed by atoms with Gasteiger partial charge < -0.3 is 4.74 Å². The minimum Gasteiger partial charge on any atom is -0.501 e. The summed E-state index contributed by atoms with van der Waals surface area (Å²) >= 11 is 1.64. The monoisotopic (exact) mass is 252 g/mol. The van der Waals surface area contributed by atoms with Crippen LogP contribution in [0.4, 0.5) is 5.69 Å². The number of ether oxygens (including phenoxy) is 1. The van der Waals surface area contributed by atoms with E-state index in [1.807, 2.05) is 25.3 Å². The molecule has 0 aromatic heterocycles. The molecule has 1 rings (SSSR count). The third kappa shape index (κ3) is 4.13. The molecule has 0 spiro atoms. The summed E-state index contributed by atoms with van der Waals surface area (Å²) in [4.78, 5) is 12.7. The fourth-order valence-corrected chi connectivity index (χ4v) is 1.56. The molecule has 0 aliphatic heterocycles. The molecule has 0 radical (unpaired) electrons. The Kier molecular flexibility index (Phi) is 5.59. The topological polar surface area (TPSA) is 55.6 Å². The second-order valence-corrected chi connectivity index (χ2v) is 4.04. The average molecular weight is 252 g/mol. The normalized spacial score (nSPS) is 10.5. The minimum absolute atomic E-state index is 0.324. The summed E-state index contributed by atoms with van der Waals surface area (Å²) in [5.74, 6) is 5.36. The van der Waals surface area contributed by atoms with Crippen LogP contribution in [0.15, 0.2) is 41.5 Å². The maximum Gasteiger partial charge on any atom is 0.268 e. The number of hydrazine groups is 1. The first-order chi connectivity index (χ1) is 8.19. The van der Waals surface area contributed by atoms with E-state index in [1.54, 1.807) is 23.9 Å². The lowest BCUT2D eigenvalue weighted by atomic mass is 10.3. The van der Waals surface area contributed by atoms with Gasteiger partial charge in [0, 0.05) is 11.0 Å². The van der Waals surface area contributed by atoms with E-state index >= 15 is 0 Å². The Bertz CT molecular complexity index is 390. The van der Waals surface area contributed by atoms with E-state index in [2.05, 4.69) is 0 Å². The highest BCUT2D eigenvalue weighted by atomic mass is 32.2. The number of hydrogen-bond donors (Lipinski definition) is 1.